The third kappa shape index (κ3) is 4.61. The quantitative estimate of drug-likeness (QED) is 0.791. The van der Waals surface area contributed by atoms with Gasteiger partial charge in [-0.2, -0.15) is 0 Å². The Morgan fingerprint density at radius 2 is 1.71 bits per heavy atom. The molecular formula is C16H29N3O2. The predicted molar refractivity (Wildman–Crippen MR) is 83.0 cm³/mol. The van der Waals surface area contributed by atoms with Crippen molar-refractivity contribution in [3.63, 3.8) is 0 Å². The van der Waals surface area contributed by atoms with Crippen molar-refractivity contribution in [3.8, 4) is 0 Å². The molecule has 2 fully saturated rings. The minimum absolute atomic E-state index is 0.0315. The second-order valence-corrected chi connectivity index (χ2v) is 6.23. The number of urea groups is 1. The molecule has 0 aromatic rings. The van der Waals surface area contributed by atoms with E-state index in [0.717, 1.165) is 58.2 Å². The fourth-order valence-corrected chi connectivity index (χ4v) is 2.94. The van der Waals surface area contributed by atoms with E-state index in [1.54, 1.807) is 0 Å². The lowest BCUT2D eigenvalue weighted by molar-refractivity contribution is -0.138. The smallest absolute Gasteiger partial charge is 0.317 e. The number of rotatable bonds is 5. The van der Waals surface area contributed by atoms with E-state index in [0.29, 0.717) is 19.0 Å². The first-order chi connectivity index (χ1) is 10.2. The number of unbranched alkanes of at least 4 members (excludes halogenated alkanes) is 2. The molecule has 0 unspecified atom stereocenters. The zero-order chi connectivity index (χ0) is 15.1. The third-order valence-corrected chi connectivity index (χ3v) is 4.61. The van der Waals surface area contributed by atoms with E-state index < -0.39 is 0 Å². The van der Waals surface area contributed by atoms with E-state index in [1.165, 1.54) is 6.42 Å². The van der Waals surface area contributed by atoms with Gasteiger partial charge in [0.25, 0.3) is 0 Å². The largest absolute Gasteiger partial charge is 0.341 e. The van der Waals surface area contributed by atoms with Gasteiger partial charge >= 0.3 is 6.03 Å². The van der Waals surface area contributed by atoms with Crippen LogP contribution in [0.15, 0.2) is 0 Å². The van der Waals surface area contributed by atoms with Gasteiger partial charge in [0.15, 0.2) is 0 Å². The molecule has 0 bridgehead atoms. The molecule has 0 atom stereocenters. The lowest BCUT2D eigenvalue weighted by Gasteiger charge is -2.31. The topological polar surface area (TPSA) is 52.7 Å². The Labute approximate surface area is 128 Å². The Bertz CT molecular complexity index is 355. The zero-order valence-corrected chi connectivity index (χ0v) is 13.3. The highest BCUT2D eigenvalue weighted by atomic mass is 16.2. The van der Waals surface area contributed by atoms with Crippen LogP contribution in [-0.4, -0.2) is 54.5 Å². The summed E-state index contributed by atoms with van der Waals surface area (Å²) in [6, 6.07) is 0.0315. The summed E-state index contributed by atoms with van der Waals surface area (Å²) < 4.78 is 0. The maximum absolute atomic E-state index is 12.3. The van der Waals surface area contributed by atoms with Crippen molar-refractivity contribution >= 4 is 11.9 Å². The fraction of sp³-hybridized carbons (Fsp3) is 0.875. The standard InChI is InChI=1S/C16H29N3O2/c1-2-3-4-9-17-16(21)19-11-6-10-18(12-13-19)15(20)14-7-5-8-14/h14H,2-13H2,1H3,(H,17,21). The number of nitrogens with zero attached hydrogens (tertiary/aromatic N) is 2. The molecular weight excluding hydrogens is 266 g/mol. The second-order valence-electron chi connectivity index (χ2n) is 6.23. The molecule has 1 aliphatic carbocycles. The number of nitrogens with one attached hydrogen (secondary N) is 1. The van der Waals surface area contributed by atoms with Crippen LogP contribution in [0.1, 0.15) is 51.9 Å². The number of carbonyl (C=O) groups excluding carboxylic acids is 2. The monoisotopic (exact) mass is 295 g/mol. The Morgan fingerprint density at radius 3 is 2.38 bits per heavy atom. The van der Waals surface area contributed by atoms with Gasteiger partial charge in [0.2, 0.25) is 5.91 Å². The van der Waals surface area contributed by atoms with E-state index in [9.17, 15) is 9.59 Å². The molecule has 5 heteroatoms. The highest BCUT2D eigenvalue weighted by Crippen LogP contribution is 2.28. The molecule has 0 aromatic carbocycles. The number of hydrogen-bond donors (Lipinski definition) is 1. The van der Waals surface area contributed by atoms with Crippen LogP contribution in [0.5, 0.6) is 0 Å². The minimum atomic E-state index is 0.0315. The lowest BCUT2D eigenvalue weighted by atomic mass is 9.84. The van der Waals surface area contributed by atoms with Gasteiger partial charge in [-0.15, -0.1) is 0 Å². The van der Waals surface area contributed by atoms with Crippen LogP contribution < -0.4 is 5.32 Å². The van der Waals surface area contributed by atoms with Gasteiger partial charge in [0.1, 0.15) is 0 Å². The third-order valence-electron chi connectivity index (χ3n) is 4.61. The minimum Gasteiger partial charge on any atom is -0.341 e. The van der Waals surface area contributed by atoms with E-state index in [-0.39, 0.29) is 11.9 Å². The van der Waals surface area contributed by atoms with Gasteiger partial charge in [-0.05, 0) is 25.7 Å². The predicted octanol–water partition coefficient (Wildman–Crippen LogP) is 2.22. The van der Waals surface area contributed by atoms with Crippen molar-refractivity contribution in [2.75, 3.05) is 32.7 Å². The summed E-state index contributed by atoms with van der Waals surface area (Å²) in [4.78, 5) is 28.2. The van der Waals surface area contributed by atoms with Gasteiger partial charge in [0.05, 0.1) is 0 Å². The van der Waals surface area contributed by atoms with E-state index >= 15 is 0 Å². The van der Waals surface area contributed by atoms with E-state index in [4.69, 9.17) is 0 Å². The summed E-state index contributed by atoms with van der Waals surface area (Å²) in [5.74, 6) is 0.575. The molecule has 2 aliphatic rings. The molecule has 2 rings (SSSR count). The van der Waals surface area contributed by atoms with Gasteiger partial charge in [-0.3, -0.25) is 4.79 Å². The van der Waals surface area contributed by atoms with Crippen molar-refractivity contribution in [1.82, 2.24) is 15.1 Å². The highest BCUT2D eigenvalue weighted by Gasteiger charge is 2.30. The van der Waals surface area contributed by atoms with Crippen LogP contribution in [0.2, 0.25) is 0 Å². The normalized spacial score (nSPS) is 19.9. The molecule has 1 N–H and O–H groups in total. The molecule has 1 heterocycles. The first kappa shape index (κ1) is 16.1. The SMILES string of the molecule is CCCCCNC(=O)N1CCCN(C(=O)C2CCC2)CC1. The Hall–Kier alpha value is -1.26. The fourth-order valence-electron chi connectivity index (χ4n) is 2.94. The molecule has 120 valence electrons. The Kier molecular flexibility index (Phi) is 6.33. The van der Waals surface area contributed by atoms with Crippen LogP contribution in [0.25, 0.3) is 0 Å². The summed E-state index contributed by atoms with van der Waals surface area (Å²) in [7, 11) is 0. The number of amides is 3. The molecule has 21 heavy (non-hydrogen) atoms. The van der Waals surface area contributed by atoms with Crippen LogP contribution >= 0.6 is 0 Å². The molecule has 0 radical (unpaired) electrons. The van der Waals surface area contributed by atoms with Crippen molar-refractivity contribution in [1.29, 1.82) is 0 Å². The summed E-state index contributed by atoms with van der Waals surface area (Å²) >= 11 is 0. The van der Waals surface area contributed by atoms with Gasteiger partial charge in [-0.1, -0.05) is 26.2 Å². The molecule has 1 aliphatic heterocycles. The number of hydrogen-bond acceptors (Lipinski definition) is 2. The molecule has 5 nitrogen and oxygen atoms in total. The van der Waals surface area contributed by atoms with E-state index in [2.05, 4.69) is 12.2 Å². The average Bonchev–Trinajstić information content (AvgIpc) is 2.67. The molecule has 1 saturated carbocycles. The Morgan fingerprint density at radius 1 is 1.00 bits per heavy atom. The molecule has 0 aromatic heterocycles. The summed E-state index contributed by atoms with van der Waals surface area (Å²) in [5.41, 5.74) is 0. The Balaban J connectivity index is 1.72. The average molecular weight is 295 g/mol. The number of carbonyl (C=O) groups is 2. The van der Waals surface area contributed by atoms with E-state index in [1.807, 2.05) is 9.80 Å². The summed E-state index contributed by atoms with van der Waals surface area (Å²) in [6.45, 7) is 5.83. The van der Waals surface area contributed by atoms with Crippen molar-refractivity contribution in [3.05, 3.63) is 0 Å². The van der Waals surface area contributed by atoms with Crippen LogP contribution in [0, 0.1) is 5.92 Å². The second kappa shape index (κ2) is 8.25. The van der Waals surface area contributed by atoms with Crippen LogP contribution in [0.4, 0.5) is 4.79 Å². The molecule has 1 saturated heterocycles. The van der Waals surface area contributed by atoms with Gasteiger partial charge < -0.3 is 15.1 Å². The van der Waals surface area contributed by atoms with Crippen molar-refractivity contribution < 1.29 is 9.59 Å². The lowest BCUT2D eigenvalue weighted by Crippen LogP contribution is -2.44. The highest BCUT2D eigenvalue weighted by molar-refractivity contribution is 5.80. The molecule has 3 amide bonds. The maximum atomic E-state index is 12.3. The van der Waals surface area contributed by atoms with Gasteiger partial charge in [0, 0.05) is 38.6 Å². The zero-order valence-electron chi connectivity index (χ0n) is 13.3. The molecule has 0 spiro atoms. The maximum Gasteiger partial charge on any atom is 0.317 e. The van der Waals surface area contributed by atoms with Gasteiger partial charge in [-0.25, -0.2) is 4.79 Å². The first-order valence-corrected chi connectivity index (χ1v) is 8.54. The van der Waals surface area contributed by atoms with Crippen LogP contribution in [0.3, 0.4) is 0 Å². The first-order valence-electron chi connectivity index (χ1n) is 8.54. The summed E-state index contributed by atoms with van der Waals surface area (Å²) in [5, 5.41) is 2.99. The van der Waals surface area contributed by atoms with Crippen LogP contribution in [-0.2, 0) is 4.79 Å². The summed E-state index contributed by atoms with van der Waals surface area (Å²) in [6.07, 6.45) is 7.55. The van der Waals surface area contributed by atoms with Crippen molar-refractivity contribution in [2.24, 2.45) is 5.92 Å². The van der Waals surface area contributed by atoms with Crippen molar-refractivity contribution in [2.45, 2.75) is 51.9 Å².